The number of amides is 1. The number of amidine groups is 1. The van der Waals surface area contributed by atoms with Crippen LogP contribution in [0.3, 0.4) is 0 Å². The van der Waals surface area contributed by atoms with Crippen LogP contribution in [0.4, 0.5) is 0 Å². The van der Waals surface area contributed by atoms with Gasteiger partial charge >= 0.3 is 0 Å². The number of ether oxygens (including phenoxy) is 2. The molecule has 2 heterocycles. The summed E-state index contributed by atoms with van der Waals surface area (Å²) >= 11 is 0. The molecule has 38 heavy (non-hydrogen) atoms. The van der Waals surface area contributed by atoms with Gasteiger partial charge in [0.2, 0.25) is 5.82 Å². The fourth-order valence-corrected chi connectivity index (χ4v) is 4.22. The largest absolute Gasteiger partial charge is 0.493 e. The molecule has 0 unspecified atom stereocenters. The van der Waals surface area contributed by atoms with Crippen LogP contribution in [0.5, 0.6) is 11.5 Å². The molecule has 0 saturated heterocycles. The third kappa shape index (κ3) is 5.94. The number of ketones is 1. The van der Waals surface area contributed by atoms with Gasteiger partial charge in [-0.1, -0.05) is 26.0 Å². The number of H-pyrrole nitrogens is 1. The first-order chi connectivity index (χ1) is 17.6. The van der Waals surface area contributed by atoms with E-state index in [0.29, 0.717) is 47.2 Å². The normalized spacial score (nSPS) is 12.6. The van der Waals surface area contributed by atoms with E-state index in [9.17, 15) is 9.59 Å². The molecule has 0 aliphatic carbocycles. The van der Waals surface area contributed by atoms with E-state index >= 15 is 0 Å². The van der Waals surface area contributed by atoms with E-state index < -0.39 is 0 Å². The SMILES string of the molecule is CCOc1cc2c(cc1C(=O)NC)C(=N)N(CC(=O)c1ccc(OCc3nn[nH]n3)c(C(C)(C)C)c1)C2.Cl. The number of benzene rings is 2. The molecule has 4 rings (SSSR count). The molecule has 202 valence electrons. The van der Waals surface area contributed by atoms with E-state index in [-0.39, 0.29) is 48.5 Å². The summed E-state index contributed by atoms with van der Waals surface area (Å²) in [6.45, 7) is 8.96. The quantitative estimate of drug-likeness (QED) is 0.350. The Bertz CT molecular complexity index is 1340. The van der Waals surface area contributed by atoms with Gasteiger partial charge in [-0.3, -0.25) is 15.0 Å². The number of hydrogen-bond donors (Lipinski definition) is 3. The maximum Gasteiger partial charge on any atom is 0.254 e. The summed E-state index contributed by atoms with van der Waals surface area (Å²) in [6.07, 6.45) is 0. The maximum atomic E-state index is 13.3. The molecule has 11 nitrogen and oxygen atoms in total. The van der Waals surface area contributed by atoms with Crippen LogP contribution in [-0.2, 0) is 18.6 Å². The molecule has 0 bridgehead atoms. The van der Waals surface area contributed by atoms with E-state index in [0.717, 1.165) is 11.1 Å². The molecular formula is C26H32ClN7O4. The van der Waals surface area contributed by atoms with Crippen LogP contribution < -0.4 is 14.8 Å². The predicted molar refractivity (Wildman–Crippen MR) is 143 cm³/mol. The zero-order chi connectivity index (χ0) is 26.7. The van der Waals surface area contributed by atoms with Crippen LogP contribution in [0.25, 0.3) is 0 Å². The topological polar surface area (TPSA) is 146 Å². The van der Waals surface area contributed by atoms with Crippen molar-refractivity contribution in [3.05, 3.63) is 64.0 Å². The summed E-state index contributed by atoms with van der Waals surface area (Å²) in [7, 11) is 1.55. The third-order valence-corrected chi connectivity index (χ3v) is 6.10. The first-order valence-electron chi connectivity index (χ1n) is 12.0. The van der Waals surface area contributed by atoms with Crippen molar-refractivity contribution in [1.29, 1.82) is 5.41 Å². The van der Waals surface area contributed by atoms with Crippen molar-refractivity contribution in [3.8, 4) is 11.5 Å². The number of halogens is 1. The van der Waals surface area contributed by atoms with Crippen molar-refractivity contribution in [2.24, 2.45) is 0 Å². The van der Waals surface area contributed by atoms with Gasteiger partial charge in [0.1, 0.15) is 17.3 Å². The number of hydrogen-bond acceptors (Lipinski definition) is 8. The monoisotopic (exact) mass is 541 g/mol. The lowest BCUT2D eigenvalue weighted by Crippen LogP contribution is -2.30. The number of Topliss-reactive ketones (excluding diaryl/α,β-unsaturated/α-hetero) is 1. The number of carbonyl (C=O) groups is 2. The molecule has 3 aromatic rings. The summed E-state index contributed by atoms with van der Waals surface area (Å²) < 4.78 is 11.6. The van der Waals surface area contributed by atoms with Gasteiger partial charge in [-0.25, -0.2) is 0 Å². The van der Waals surface area contributed by atoms with E-state index in [4.69, 9.17) is 14.9 Å². The first kappa shape index (κ1) is 28.6. The van der Waals surface area contributed by atoms with Gasteiger partial charge in [0, 0.05) is 30.3 Å². The number of carbonyl (C=O) groups excluding carboxylic acids is 2. The fourth-order valence-electron chi connectivity index (χ4n) is 4.22. The van der Waals surface area contributed by atoms with Crippen LogP contribution in [0, 0.1) is 5.41 Å². The van der Waals surface area contributed by atoms with Gasteiger partial charge in [-0.15, -0.1) is 22.6 Å². The molecule has 1 aliphatic rings. The highest BCUT2D eigenvalue weighted by Crippen LogP contribution is 2.34. The summed E-state index contributed by atoms with van der Waals surface area (Å²) in [4.78, 5) is 27.4. The van der Waals surface area contributed by atoms with E-state index in [1.807, 2.05) is 33.8 Å². The Morgan fingerprint density at radius 3 is 2.55 bits per heavy atom. The number of fused-ring (bicyclic) bond motifs is 1. The second kappa shape index (κ2) is 11.6. The molecule has 3 N–H and O–H groups in total. The number of nitrogens with zero attached hydrogens (tertiary/aromatic N) is 4. The smallest absolute Gasteiger partial charge is 0.254 e. The van der Waals surface area contributed by atoms with Crippen molar-refractivity contribution in [2.45, 2.75) is 46.3 Å². The number of aromatic nitrogens is 4. The predicted octanol–water partition coefficient (Wildman–Crippen LogP) is 3.28. The van der Waals surface area contributed by atoms with Crippen LogP contribution >= 0.6 is 12.4 Å². The Labute approximate surface area is 227 Å². The minimum absolute atomic E-state index is 0. The van der Waals surface area contributed by atoms with Gasteiger partial charge < -0.3 is 19.7 Å². The standard InChI is InChI=1S/C26H31N7O4.ClH/c1-6-36-22-10-16-12-33(24(27)17(16)11-18(22)25(35)28-5)13-20(34)15-7-8-21(19(9-15)26(2,3)4)37-14-23-29-31-32-30-23;/h7-11,27H,6,12-14H2,1-5H3,(H,28,35)(H,29,30,31,32);1H. The molecule has 0 radical (unpaired) electrons. The highest BCUT2D eigenvalue weighted by Gasteiger charge is 2.30. The lowest BCUT2D eigenvalue weighted by Gasteiger charge is -2.24. The van der Waals surface area contributed by atoms with Crippen molar-refractivity contribution in [2.75, 3.05) is 20.2 Å². The average molecular weight is 542 g/mol. The van der Waals surface area contributed by atoms with Crippen molar-refractivity contribution in [1.82, 2.24) is 30.8 Å². The first-order valence-corrected chi connectivity index (χ1v) is 12.0. The van der Waals surface area contributed by atoms with Gasteiger partial charge in [0.25, 0.3) is 5.91 Å². The van der Waals surface area contributed by atoms with Crippen molar-refractivity contribution in [3.63, 3.8) is 0 Å². The zero-order valence-electron chi connectivity index (χ0n) is 22.0. The number of aromatic amines is 1. The second-order valence-corrected chi connectivity index (χ2v) is 9.72. The molecule has 2 aromatic carbocycles. The van der Waals surface area contributed by atoms with E-state index in [1.54, 1.807) is 36.2 Å². The lowest BCUT2D eigenvalue weighted by atomic mass is 9.85. The van der Waals surface area contributed by atoms with Gasteiger partial charge in [0.15, 0.2) is 12.4 Å². The van der Waals surface area contributed by atoms with Gasteiger partial charge in [-0.05, 0) is 48.2 Å². The third-order valence-electron chi connectivity index (χ3n) is 6.10. The molecule has 0 atom stereocenters. The minimum atomic E-state index is -0.287. The molecule has 0 saturated carbocycles. The zero-order valence-corrected chi connectivity index (χ0v) is 22.9. The minimum Gasteiger partial charge on any atom is -0.493 e. The molecule has 0 fully saturated rings. The summed E-state index contributed by atoms with van der Waals surface area (Å²) in [5, 5.41) is 25.0. The Balaban J connectivity index is 0.00000400. The Morgan fingerprint density at radius 2 is 1.92 bits per heavy atom. The summed E-state index contributed by atoms with van der Waals surface area (Å²) in [5.74, 6) is 1.33. The molecular weight excluding hydrogens is 510 g/mol. The Morgan fingerprint density at radius 1 is 1.16 bits per heavy atom. The molecule has 12 heteroatoms. The number of tetrazole rings is 1. The Hall–Kier alpha value is -3.99. The lowest BCUT2D eigenvalue weighted by molar-refractivity contribution is 0.0953. The van der Waals surface area contributed by atoms with E-state index in [1.165, 1.54) is 0 Å². The summed E-state index contributed by atoms with van der Waals surface area (Å²) in [6, 6.07) is 8.81. The summed E-state index contributed by atoms with van der Waals surface area (Å²) in [5.41, 5.74) is 2.95. The molecule has 1 amide bonds. The molecule has 0 spiro atoms. The van der Waals surface area contributed by atoms with Crippen LogP contribution in [0.2, 0.25) is 0 Å². The number of nitrogens with one attached hydrogen (secondary N) is 3. The van der Waals surface area contributed by atoms with Crippen LogP contribution in [0.1, 0.15) is 70.9 Å². The Kier molecular flexibility index (Phi) is 8.72. The van der Waals surface area contributed by atoms with Gasteiger partial charge in [-0.2, -0.15) is 5.21 Å². The van der Waals surface area contributed by atoms with E-state index in [2.05, 4.69) is 25.9 Å². The number of rotatable bonds is 9. The second-order valence-electron chi connectivity index (χ2n) is 9.72. The highest BCUT2D eigenvalue weighted by molar-refractivity contribution is 6.07. The average Bonchev–Trinajstić information content (AvgIpc) is 3.49. The van der Waals surface area contributed by atoms with Crippen molar-refractivity contribution < 1.29 is 19.1 Å². The molecule has 1 aromatic heterocycles. The van der Waals surface area contributed by atoms with Crippen LogP contribution in [-0.4, -0.2) is 63.2 Å². The fraction of sp³-hybridized carbons (Fsp3) is 0.385. The van der Waals surface area contributed by atoms with Gasteiger partial charge in [0.05, 0.1) is 18.7 Å². The maximum absolute atomic E-state index is 13.3. The molecule has 1 aliphatic heterocycles. The van der Waals surface area contributed by atoms with Crippen LogP contribution in [0.15, 0.2) is 30.3 Å². The van der Waals surface area contributed by atoms with Crippen molar-refractivity contribution >= 4 is 29.9 Å². The highest BCUT2D eigenvalue weighted by atomic mass is 35.5.